The molecule has 2 aliphatic rings. The number of halogens is 1. The lowest BCUT2D eigenvalue weighted by Crippen LogP contribution is -2.68. The standard InChI is InChI=1S/C22H35N3O3.HI/c1-7-26-17-10-9-15(13-18(17)27-8-2)14(3)24-21(23-6)25-19-16-11-12-28-20(16)22(19,4)5;/h9-10,13-14,16,19-20H,7-8,11-12H2,1-6H3,(H2,23,24,25);1H. The third-order valence-corrected chi connectivity index (χ3v) is 6.04. The van der Waals surface area contributed by atoms with Crippen molar-refractivity contribution < 1.29 is 14.2 Å². The van der Waals surface area contributed by atoms with Crippen molar-refractivity contribution in [2.45, 2.75) is 59.2 Å². The second-order valence-electron chi connectivity index (χ2n) is 8.20. The third kappa shape index (κ3) is 4.93. The van der Waals surface area contributed by atoms with Gasteiger partial charge in [0.2, 0.25) is 0 Å². The zero-order valence-electron chi connectivity index (χ0n) is 18.5. The van der Waals surface area contributed by atoms with Gasteiger partial charge in [-0.25, -0.2) is 0 Å². The highest BCUT2D eigenvalue weighted by Crippen LogP contribution is 2.52. The van der Waals surface area contributed by atoms with E-state index in [9.17, 15) is 0 Å². The van der Waals surface area contributed by atoms with Gasteiger partial charge >= 0.3 is 0 Å². The molecule has 0 aromatic heterocycles. The van der Waals surface area contributed by atoms with Crippen LogP contribution in [-0.4, -0.2) is 45.0 Å². The molecule has 4 atom stereocenters. The van der Waals surface area contributed by atoms with Crippen molar-refractivity contribution in [1.82, 2.24) is 10.6 Å². The van der Waals surface area contributed by atoms with Crippen LogP contribution < -0.4 is 20.1 Å². The van der Waals surface area contributed by atoms with Crippen LogP contribution in [0, 0.1) is 11.3 Å². The van der Waals surface area contributed by atoms with Crippen molar-refractivity contribution in [3.05, 3.63) is 23.8 Å². The molecule has 1 aliphatic carbocycles. The van der Waals surface area contributed by atoms with Gasteiger partial charge < -0.3 is 24.8 Å². The molecule has 4 unspecified atom stereocenters. The van der Waals surface area contributed by atoms with Crippen LogP contribution in [-0.2, 0) is 4.74 Å². The zero-order valence-corrected chi connectivity index (χ0v) is 20.8. The van der Waals surface area contributed by atoms with E-state index in [0.717, 1.165) is 36.0 Å². The molecule has 1 aromatic carbocycles. The number of aliphatic imine (C=N–C) groups is 1. The molecule has 0 radical (unpaired) electrons. The maximum absolute atomic E-state index is 5.90. The molecule has 2 N–H and O–H groups in total. The molecule has 2 fully saturated rings. The van der Waals surface area contributed by atoms with Crippen molar-refractivity contribution in [2.24, 2.45) is 16.3 Å². The van der Waals surface area contributed by atoms with Crippen molar-refractivity contribution >= 4 is 29.9 Å². The molecular weight excluding hydrogens is 481 g/mol. The maximum Gasteiger partial charge on any atom is 0.191 e. The molecule has 1 saturated heterocycles. The summed E-state index contributed by atoms with van der Waals surface area (Å²) in [5.41, 5.74) is 1.24. The first-order chi connectivity index (χ1) is 13.4. The number of benzene rings is 1. The van der Waals surface area contributed by atoms with Crippen molar-refractivity contribution in [3.8, 4) is 11.5 Å². The molecule has 1 heterocycles. The lowest BCUT2D eigenvalue weighted by molar-refractivity contribution is -0.106. The molecule has 7 heteroatoms. The number of ether oxygens (including phenoxy) is 3. The fourth-order valence-electron chi connectivity index (χ4n) is 4.56. The Bertz CT molecular complexity index is 711. The summed E-state index contributed by atoms with van der Waals surface area (Å²) in [7, 11) is 1.82. The van der Waals surface area contributed by atoms with Gasteiger partial charge in [-0.15, -0.1) is 24.0 Å². The van der Waals surface area contributed by atoms with Crippen LogP contribution in [0.4, 0.5) is 0 Å². The summed E-state index contributed by atoms with van der Waals surface area (Å²) in [5, 5.41) is 7.16. The van der Waals surface area contributed by atoms with E-state index in [1.807, 2.05) is 33.0 Å². The van der Waals surface area contributed by atoms with Crippen molar-refractivity contribution in [1.29, 1.82) is 0 Å². The zero-order chi connectivity index (χ0) is 20.3. The van der Waals surface area contributed by atoms with Crippen LogP contribution in [0.5, 0.6) is 11.5 Å². The summed E-state index contributed by atoms with van der Waals surface area (Å²) in [4.78, 5) is 4.46. The molecule has 0 amide bonds. The van der Waals surface area contributed by atoms with Gasteiger partial charge in [0.05, 0.1) is 25.4 Å². The molecule has 1 aliphatic heterocycles. The molecule has 0 bridgehead atoms. The molecular formula is C22H36IN3O3. The van der Waals surface area contributed by atoms with E-state index < -0.39 is 0 Å². The van der Waals surface area contributed by atoms with Crippen LogP contribution in [0.15, 0.2) is 23.2 Å². The van der Waals surface area contributed by atoms with Crippen LogP contribution in [0.3, 0.4) is 0 Å². The summed E-state index contributed by atoms with van der Waals surface area (Å²) in [6.45, 7) is 12.7. The van der Waals surface area contributed by atoms with Crippen LogP contribution in [0.2, 0.25) is 0 Å². The average molecular weight is 517 g/mol. The number of nitrogens with zero attached hydrogens (tertiary/aromatic N) is 1. The SMILES string of the molecule is CCOc1ccc(C(C)NC(=NC)NC2C3CCOC3C2(C)C)cc1OCC.I. The van der Waals surface area contributed by atoms with Crippen LogP contribution in [0.1, 0.15) is 52.6 Å². The molecule has 1 saturated carbocycles. The highest BCUT2D eigenvalue weighted by Gasteiger charge is 2.59. The van der Waals surface area contributed by atoms with E-state index in [1.165, 1.54) is 0 Å². The van der Waals surface area contributed by atoms with E-state index in [-0.39, 0.29) is 35.4 Å². The Labute approximate surface area is 192 Å². The van der Waals surface area contributed by atoms with Gasteiger partial charge in [-0.2, -0.15) is 0 Å². The second kappa shape index (κ2) is 10.2. The lowest BCUT2D eigenvalue weighted by atomic mass is 9.57. The minimum atomic E-state index is 0. The van der Waals surface area contributed by atoms with Crippen molar-refractivity contribution in [3.63, 3.8) is 0 Å². The van der Waals surface area contributed by atoms with Crippen LogP contribution >= 0.6 is 24.0 Å². The summed E-state index contributed by atoms with van der Waals surface area (Å²) in [6.07, 6.45) is 1.48. The normalized spacial score (nSPS) is 25.9. The van der Waals surface area contributed by atoms with E-state index in [1.54, 1.807) is 0 Å². The summed E-state index contributed by atoms with van der Waals surface area (Å²) >= 11 is 0. The van der Waals surface area contributed by atoms with Crippen molar-refractivity contribution in [2.75, 3.05) is 26.9 Å². The number of nitrogens with one attached hydrogen (secondary N) is 2. The quantitative estimate of drug-likeness (QED) is 0.324. The monoisotopic (exact) mass is 517 g/mol. The third-order valence-electron chi connectivity index (χ3n) is 6.04. The number of hydrogen-bond acceptors (Lipinski definition) is 4. The number of fused-ring (bicyclic) bond motifs is 1. The first kappa shape index (κ1) is 24.1. The minimum Gasteiger partial charge on any atom is -0.490 e. The Morgan fingerprint density at radius 2 is 1.93 bits per heavy atom. The van der Waals surface area contributed by atoms with Gasteiger partial charge in [-0.1, -0.05) is 19.9 Å². The molecule has 6 nitrogen and oxygen atoms in total. The maximum atomic E-state index is 5.90. The summed E-state index contributed by atoms with van der Waals surface area (Å²) < 4.78 is 17.3. The minimum absolute atomic E-state index is 0. The van der Waals surface area contributed by atoms with E-state index in [4.69, 9.17) is 14.2 Å². The fraction of sp³-hybridized carbons (Fsp3) is 0.682. The number of rotatable bonds is 7. The molecule has 0 spiro atoms. The Hall–Kier alpha value is -1.22. The highest BCUT2D eigenvalue weighted by molar-refractivity contribution is 14.0. The Kier molecular flexibility index (Phi) is 8.46. The smallest absolute Gasteiger partial charge is 0.191 e. The largest absolute Gasteiger partial charge is 0.490 e. The van der Waals surface area contributed by atoms with E-state index in [0.29, 0.717) is 31.3 Å². The van der Waals surface area contributed by atoms with Gasteiger partial charge in [0.1, 0.15) is 0 Å². The number of guanidine groups is 1. The Morgan fingerprint density at radius 3 is 2.59 bits per heavy atom. The van der Waals surface area contributed by atoms with E-state index in [2.05, 4.69) is 42.5 Å². The second-order valence-corrected chi connectivity index (χ2v) is 8.20. The lowest BCUT2D eigenvalue weighted by Gasteiger charge is -2.55. The first-order valence-corrected chi connectivity index (χ1v) is 10.4. The molecule has 29 heavy (non-hydrogen) atoms. The predicted molar refractivity (Wildman–Crippen MR) is 128 cm³/mol. The first-order valence-electron chi connectivity index (χ1n) is 10.4. The molecule has 164 valence electrons. The fourth-order valence-corrected chi connectivity index (χ4v) is 4.56. The Balaban J connectivity index is 0.00000300. The summed E-state index contributed by atoms with van der Waals surface area (Å²) in [5.74, 6) is 2.96. The predicted octanol–water partition coefficient (Wildman–Crippen LogP) is 4.14. The van der Waals surface area contributed by atoms with E-state index >= 15 is 0 Å². The Morgan fingerprint density at radius 1 is 1.24 bits per heavy atom. The molecule has 1 aromatic rings. The summed E-state index contributed by atoms with van der Waals surface area (Å²) in [6, 6.07) is 6.56. The van der Waals surface area contributed by atoms with Gasteiger partial charge in [-0.3, -0.25) is 4.99 Å². The molecule has 3 rings (SSSR count). The van der Waals surface area contributed by atoms with Crippen LogP contribution in [0.25, 0.3) is 0 Å². The topological polar surface area (TPSA) is 64.1 Å². The van der Waals surface area contributed by atoms with Gasteiger partial charge in [0.15, 0.2) is 17.5 Å². The average Bonchev–Trinajstić information content (AvgIpc) is 3.13. The van der Waals surface area contributed by atoms with Gasteiger partial charge in [-0.05, 0) is 44.9 Å². The van der Waals surface area contributed by atoms with Gasteiger partial charge in [0.25, 0.3) is 0 Å². The van der Waals surface area contributed by atoms with Gasteiger partial charge in [0, 0.05) is 31.0 Å². The highest BCUT2D eigenvalue weighted by atomic mass is 127. The number of hydrogen-bond donors (Lipinski definition) is 2.